The summed E-state index contributed by atoms with van der Waals surface area (Å²) < 4.78 is 0. The summed E-state index contributed by atoms with van der Waals surface area (Å²) in [5.74, 6) is 2.55. The van der Waals surface area contributed by atoms with E-state index >= 15 is 0 Å². The summed E-state index contributed by atoms with van der Waals surface area (Å²) in [6.45, 7) is 9.38. The second-order valence-electron chi connectivity index (χ2n) is 3.35. The number of hydrogen-bond acceptors (Lipinski definition) is 3. The molecule has 1 N–H and O–H groups in total. The van der Waals surface area contributed by atoms with Gasteiger partial charge in [0.1, 0.15) is 0 Å². The average Bonchev–Trinajstić information content (AvgIpc) is 2.05. The Labute approximate surface area is 80.1 Å². The van der Waals surface area contributed by atoms with Crippen LogP contribution >= 0.6 is 11.8 Å². The lowest BCUT2D eigenvalue weighted by Gasteiger charge is -2.31. The molecule has 2 nitrogen and oxygen atoms in total. The predicted octanol–water partition coefficient (Wildman–Crippen LogP) is 1.03. The second-order valence-corrected chi connectivity index (χ2v) is 4.75. The first kappa shape index (κ1) is 10.4. The van der Waals surface area contributed by atoms with Crippen molar-refractivity contribution in [3.8, 4) is 0 Å². The first-order valence-corrected chi connectivity index (χ1v) is 6.02. The van der Waals surface area contributed by atoms with Gasteiger partial charge in [-0.1, -0.05) is 6.92 Å². The van der Waals surface area contributed by atoms with E-state index in [0.29, 0.717) is 6.04 Å². The Morgan fingerprint density at radius 3 is 3.08 bits per heavy atom. The maximum absolute atomic E-state index is 3.45. The van der Waals surface area contributed by atoms with Gasteiger partial charge in [0.2, 0.25) is 0 Å². The summed E-state index contributed by atoms with van der Waals surface area (Å²) in [6.07, 6.45) is 0. The lowest BCUT2D eigenvalue weighted by atomic mass is 10.2. The molecule has 0 unspecified atom stereocenters. The van der Waals surface area contributed by atoms with E-state index in [1.54, 1.807) is 0 Å². The van der Waals surface area contributed by atoms with E-state index in [2.05, 4.69) is 24.1 Å². The fourth-order valence-corrected chi connectivity index (χ4v) is 2.23. The SMILES string of the molecule is CCSCCN1CCN[C@H](C)C1. The molecule has 1 heterocycles. The highest BCUT2D eigenvalue weighted by molar-refractivity contribution is 7.99. The van der Waals surface area contributed by atoms with E-state index in [-0.39, 0.29) is 0 Å². The third-order valence-corrected chi connectivity index (χ3v) is 3.09. The van der Waals surface area contributed by atoms with Gasteiger partial charge in [-0.05, 0) is 12.7 Å². The molecule has 3 heteroatoms. The van der Waals surface area contributed by atoms with E-state index in [1.807, 2.05) is 11.8 Å². The molecular formula is C9H20N2S. The molecule has 0 amide bonds. The highest BCUT2D eigenvalue weighted by atomic mass is 32.2. The molecule has 0 aromatic rings. The van der Waals surface area contributed by atoms with Crippen LogP contribution in [0.25, 0.3) is 0 Å². The number of rotatable bonds is 4. The minimum atomic E-state index is 0.686. The summed E-state index contributed by atoms with van der Waals surface area (Å²) in [7, 11) is 0. The van der Waals surface area contributed by atoms with Gasteiger partial charge < -0.3 is 5.32 Å². The van der Waals surface area contributed by atoms with Gasteiger partial charge in [0.15, 0.2) is 0 Å². The van der Waals surface area contributed by atoms with Gasteiger partial charge in [-0.25, -0.2) is 0 Å². The quantitative estimate of drug-likeness (QED) is 0.664. The zero-order chi connectivity index (χ0) is 8.81. The molecule has 1 rings (SSSR count). The molecular weight excluding hydrogens is 168 g/mol. The van der Waals surface area contributed by atoms with E-state index in [9.17, 15) is 0 Å². The summed E-state index contributed by atoms with van der Waals surface area (Å²) in [4.78, 5) is 2.56. The van der Waals surface area contributed by atoms with Crippen LogP contribution in [-0.4, -0.2) is 48.6 Å². The Kier molecular flexibility index (Phi) is 5.04. The van der Waals surface area contributed by atoms with Crippen LogP contribution in [0.15, 0.2) is 0 Å². The van der Waals surface area contributed by atoms with Crippen molar-refractivity contribution in [2.45, 2.75) is 19.9 Å². The Morgan fingerprint density at radius 1 is 1.58 bits per heavy atom. The Balaban J connectivity index is 2.06. The van der Waals surface area contributed by atoms with Crippen LogP contribution in [-0.2, 0) is 0 Å². The maximum Gasteiger partial charge on any atom is 0.0167 e. The zero-order valence-corrected chi connectivity index (χ0v) is 8.99. The first-order valence-electron chi connectivity index (χ1n) is 4.86. The van der Waals surface area contributed by atoms with Crippen molar-refractivity contribution in [1.29, 1.82) is 0 Å². The van der Waals surface area contributed by atoms with Gasteiger partial charge in [0.05, 0.1) is 0 Å². The average molecular weight is 188 g/mol. The minimum absolute atomic E-state index is 0.686. The van der Waals surface area contributed by atoms with Crippen molar-refractivity contribution < 1.29 is 0 Å². The highest BCUT2D eigenvalue weighted by Gasteiger charge is 2.14. The van der Waals surface area contributed by atoms with E-state index < -0.39 is 0 Å². The largest absolute Gasteiger partial charge is 0.312 e. The standard InChI is InChI=1S/C9H20N2S/c1-3-12-7-6-11-5-4-10-9(2)8-11/h9-10H,3-8H2,1-2H3/t9-/m1/s1. The lowest BCUT2D eigenvalue weighted by Crippen LogP contribution is -2.49. The molecule has 1 fully saturated rings. The third kappa shape index (κ3) is 3.78. The molecule has 0 bridgehead atoms. The monoisotopic (exact) mass is 188 g/mol. The van der Waals surface area contributed by atoms with Gasteiger partial charge in [0.25, 0.3) is 0 Å². The molecule has 0 aromatic heterocycles. The maximum atomic E-state index is 3.45. The normalized spacial score (nSPS) is 26.0. The van der Waals surface area contributed by atoms with Crippen molar-refractivity contribution >= 4 is 11.8 Å². The number of thioether (sulfide) groups is 1. The van der Waals surface area contributed by atoms with Crippen molar-refractivity contribution in [3.05, 3.63) is 0 Å². The van der Waals surface area contributed by atoms with Crippen molar-refractivity contribution in [2.24, 2.45) is 0 Å². The fraction of sp³-hybridized carbons (Fsp3) is 1.00. The highest BCUT2D eigenvalue weighted by Crippen LogP contribution is 2.02. The molecule has 1 aliphatic heterocycles. The van der Waals surface area contributed by atoms with Gasteiger partial charge in [-0.2, -0.15) is 11.8 Å². The molecule has 1 saturated heterocycles. The van der Waals surface area contributed by atoms with Gasteiger partial charge in [0, 0.05) is 38.0 Å². The second kappa shape index (κ2) is 5.84. The molecule has 1 aliphatic rings. The van der Waals surface area contributed by atoms with Crippen molar-refractivity contribution in [1.82, 2.24) is 10.2 Å². The Hall–Kier alpha value is 0.270. The van der Waals surface area contributed by atoms with E-state index in [0.717, 1.165) is 6.54 Å². The van der Waals surface area contributed by atoms with Crippen LogP contribution in [0.1, 0.15) is 13.8 Å². The Morgan fingerprint density at radius 2 is 2.42 bits per heavy atom. The van der Waals surface area contributed by atoms with Gasteiger partial charge in [-0.3, -0.25) is 4.90 Å². The third-order valence-electron chi connectivity index (χ3n) is 2.21. The summed E-state index contributed by atoms with van der Waals surface area (Å²) in [5, 5.41) is 3.45. The number of nitrogens with one attached hydrogen (secondary N) is 1. The van der Waals surface area contributed by atoms with Crippen LogP contribution in [0.2, 0.25) is 0 Å². The van der Waals surface area contributed by atoms with Crippen LogP contribution < -0.4 is 5.32 Å². The molecule has 1 atom stereocenters. The fourth-order valence-electron chi connectivity index (χ4n) is 1.55. The lowest BCUT2D eigenvalue weighted by molar-refractivity contribution is 0.218. The van der Waals surface area contributed by atoms with Crippen LogP contribution in [0, 0.1) is 0 Å². The number of nitrogens with zero attached hydrogens (tertiary/aromatic N) is 1. The van der Waals surface area contributed by atoms with Gasteiger partial charge in [-0.15, -0.1) is 0 Å². The van der Waals surface area contributed by atoms with Gasteiger partial charge >= 0.3 is 0 Å². The summed E-state index contributed by atoms with van der Waals surface area (Å²) >= 11 is 2.04. The zero-order valence-electron chi connectivity index (χ0n) is 8.18. The summed E-state index contributed by atoms with van der Waals surface area (Å²) in [6, 6.07) is 0.686. The van der Waals surface area contributed by atoms with Crippen molar-refractivity contribution in [3.63, 3.8) is 0 Å². The molecule has 0 saturated carbocycles. The molecule has 0 aliphatic carbocycles. The van der Waals surface area contributed by atoms with E-state index in [4.69, 9.17) is 0 Å². The summed E-state index contributed by atoms with van der Waals surface area (Å²) in [5.41, 5.74) is 0. The molecule has 0 spiro atoms. The number of piperazine rings is 1. The molecule has 72 valence electrons. The Bertz CT molecular complexity index is 119. The van der Waals surface area contributed by atoms with Crippen LogP contribution in [0.4, 0.5) is 0 Å². The first-order chi connectivity index (χ1) is 5.83. The molecule has 0 aromatic carbocycles. The molecule has 12 heavy (non-hydrogen) atoms. The van der Waals surface area contributed by atoms with E-state index in [1.165, 1.54) is 31.1 Å². The number of hydrogen-bond donors (Lipinski definition) is 1. The minimum Gasteiger partial charge on any atom is -0.312 e. The predicted molar refractivity (Wildman–Crippen MR) is 56.9 cm³/mol. The van der Waals surface area contributed by atoms with Crippen molar-refractivity contribution in [2.75, 3.05) is 37.7 Å². The topological polar surface area (TPSA) is 15.3 Å². The smallest absolute Gasteiger partial charge is 0.0167 e. The van der Waals surface area contributed by atoms with Crippen LogP contribution in [0.3, 0.4) is 0 Å². The van der Waals surface area contributed by atoms with Crippen LogP contribution in [0.5, 0.6) is 0 Å². The molecule has 0 radical (unpaired) electrons.